The molecule has 2 aromatic carbocycles. The zero-order valence-electron chi connectivity index (χ0n) is 14.0. The van der Waals surface area contributed by atoms with E-state index in [1.807, 2.05) is 18.2 Å². The van der Waals surface area contributed by atoms with E-state index in [1.54, 1.807) is 13.2 Å². The molecule has 2 N–H and O–H groups in total. The molecule has 0 amide bonds. The first-order chi connectivity index (χ1) is 12.5. The van der Waals surface area contributed by atoms with Crippen molar-refractivity contribution in [2.24, 2.45) is 5.92 Å². The van der Waals surface area contributed by atoms with Crippen molar-refractivity contribution < 1.29 is 14.6 Å². The van der Waals surface area contributed by atoms with E-state index in [1.165, 1.54) is 0 Å². The second-order valence-electron chi connectivity index (χ2n) is 6.58. The molecule has 4 rings (SSSR count). The van der Waals surface area contributed by atoms with Crippen LogP contribution in [0.2, 0.25) is 0 Å². The molecule has 0 unspecified atom stereocenters. The fraction of sp³-hybridized carbons (Fsp3) is 0.250. The summed E-state index contributed by atoms with van der Waals surface area (Å²) in [5.74, 6) is 0.349. The molecule has 1 aliphatic heterocycles. The van der Waals surface area contributed by atoms with Gasteiger partial charge in [0.25, 0.3) is 0 Å². The maximum Gasteiger partial charge on any atom is 0.337 e. The summed E-state index contributed by atoms with van der Waals surface area (Å²) in [6, 6.07) is 9.58. The van der Waals surface area contributed by atoms with Crippen LogP contribution >= 0.6 is 31.9 Å². The highest BCUT2D eigenvalue weighted by molar-refractivity contribution is 9.10. The standard InChI is InChI=1S/C20H17Br2NO3/c1-26-17-6-5-10(21)7-15(17)18-13-4-2-3-12(13)14-8-11(22)9-16(20(24)25)19(14)23-18/h2-3,5-9,12-13,18,23H,4H2,1H3,(H,24,25)/t12-,13+,18-/m1/s1. The maximum atomic E-state index is 11.8. The number of methoxy groups -OCH3 is 1. The molecule has 134 valence electrons. The number of carboxylic acids is 1. The Morgan fingerprint density at radius 1 is 1.19 bits per heavy atom. The number of fused-ring (bicyclic) bond motifs is 3. The van der Waals surface area contributed by atoms with Crippen LogP contribution in [-0.4, -0.2) is 18.2 Å². The summed E-state index contributed by atoms with van der Waals surface area (Å²) in [5.41, 5.74) is 3.04. The van der Waals surface area contributed by atoms with Crippen molar-refractivity contribution in [1.82, 2.24) is 0 Å². The average molecular weight is 479 g/mol. The van der Waals surface area contributed by atoms with E-state index in [2.05, 4.69) is 55.4 Å². The van der Waals surface area contributed by atoms with Crippen LogP contribution in [0.25, 0.3) is 0 Å². The molecule has 0 saturated heterocycles. The third-order valence-electron chi connectivity index (χ3n) is 5.19. The lowest BCUT2D eigenvalue weighted by Gasteiger charge is -2.38. The monoisotopic (exact) mass is 477 g/mol. The Bertz CT molecular complexity index is 926. The van der Waals surface area contributed by atoms with Gasteiger partial charge in [0.1, 0.15) is 5.75 Å². The lowest BCUT2D eigenvalue weighted by Crippen LogP contribution is -2.30. The van der Waals surface area contributed by atoms with Crippen LogP contribution in [-0.2, 0) is 0 Å². The van der Waals surface area contributed by atoms with E-state index in [9.17, 15) is 9.90 Å². The van der Waals surface area contributed by atoms with Gasteiger partial charge in [0, 0.05) is 20.4 Å². The molecule has 0 aromatic heterocycles. The molecular weight excluding hydrogens is 462 g/mol. The minimum absolute atomic E-state index is 0.0331. The summed E-state index contributed by atoms with van der Waals surface area (Å²) < 4.78 is 7.34. The van der Waals surface area contributed by atoms with E-state index in [0.29, 0.717) is 11.6 Å². The average Bonchev–Trinajstić information content (AvgIpc) is 3.10. The first kappa shape index (κ1) is 17.6. The minimum Gasteiger partial charge on any atom is -0.496 e. The van der Waals surface area contributed by atoms with Crippen LogP contribution in [0.5, 0.6) is 5.75 Å². The van der Waals surface area contributed by atoms with Gasteiger partial charge in [-0.1, -0.05) is 44.0 Å². The van der Waals surface area contributed by atoms with Crippen LogP contribution in [0.4, 0.5) is 5.69 Å². The number of rotatable bonds is 3. The third-order valence-corrected chi connectivity index (χ3v) is 6.14. The van der Waals surface area contributed by atoms with Gasteiger partial charge in [0.15, 0.2) is 0 Å². The first-order valence-electron chi connectivity index (χ1n) is 8.33. The molecule has 4 nitrogen and oxygen atoms in total. The Morgan fingerprint density at radius 3 is 2.69 bits per heavy atom. The van der Waals surface area contributed by atoms with E-state index in [4.69, 9.17) is 4.74 Å². The number of nitrogens with one attached hydrogen (secondary N) is 1. The van der Waals surface area contributed by atoms with Crippen molar-refractivity contribution in [1.29, 1.82) is 0 Å². The first-order valence-corrected chi connectivity index (χ1v) is 9.91. The Labute approximate surface area is 168 Å². The SMILES string of the molecule is COc1ccc(Br)cc1[C@@H]1Nc2c(C(=O)O)cc(Br)cc2[C@@H]2C=CC[C@@H]21. The van der Waals surface area contributed by atoms with Crippen LogP contribution in [0.3, 0.4) is 0 Å². The Hall–Kier alpha value is -1.79. The smallest absolute Gasteiger partial charge is 0.337 e. The van der Waals surface area contributed by atoms with Crippen molar-refractivity contribution in [2.45, 2.75) is 18.4 Å². The predicted molar refractivity (Wildman–Crippen MR) is 108 cm³/mol. The second-order valence-corrected chi connectivity index (χ2v) is 8.42. The molecule has 2 aliphatic rings. The summed E-state index contributed by atoms with van der Waals surface area (Å²) in [6.45, 7) is 0. The highest BCUT2D eigenvalue weighted by Crippen LogP contribution is 2.52. The van der Waals surface area contributed by atoms with Gasteiger partial charge in [0.2, 0.25) is 0 Å². The van der Waals surface area contributed by atoms with Gasteiger partial charge >= 0.3 is 5.97 Å². The molecule has 1 aliphatic carbocycles. The molecule has 0 radical (unpaired) electrons. The molecule has 6 heteroatoms. The van der Waals surface area contributed by atoms with Crippen molar-refractivity contribution in [2.75, 3.05) is 12.4 Å². The normalized spacial score (nSPS) is 23.1. The molecule has 0 spiro atoms. The number of carboxylic acid groups (broad SMARTS) is 1. The number of halogens is 2. The number of ether oxygens (including phenoxy) is 1. The lowest BCUT2D eigenvalue weighted by atomic mass is 9.76. The molecule has 0 saturated carbocycles. The van der Waals surface area contributed by atoms with Gasteiger partial charge in [-0.15, -0.1) is 0 Å². The van der Waals surface area contributed by atoms with Crippen LogP contribution in [0, 0.1) is 5.92 Å². The van der Waals surface area contributed by atoms with Crippen molar-refractivity contribution in [3.63, 3.8) is 0 Å². The van der Waals surface area contributed by atoms with E-state index >= 15 is 0 Å². The zero-order chi connectivity index (χ0) is 18.4. The Balaban J connectivity index is 1.89. The van der Waals surface area contributed by atoms with Crippen molar-refractivity contribution in [3.05, 3.63) is 68.1 Å². The minimum atomic E-state index is -0.935. The van der Waals surface area contributed by atoms with Gasteiger partial charge in [-0.25, -0.2) is 4.79 Å². The second kappa shape index (κ2) is 6.74. The molecule has 26 heavy (non-hydrogen) atoms. The number of anilines is 1. The molecule has 3 atom stereocenters. The largest absolute Gasteiger partial charge is 0.496 e. The highest BCUT2D eigenvalue weighted by atomic mass is 79.9. The number of hydrogen-bond acceptors (Lipinski definition) is 3. The molecule has 0 bridgehead atoms. The Morgan fingerprint density at radius 2 is 1.96 bits per heavy atom. The summed E-state index contributed by atoms with van der Waals surface area (Å²) >= 11 is 7.00. The maximum absolute atomic E-state index is 11.8. The van der Waals surface area contributed by atoms with Gasteiger partial charge in [-0.3, -0.25) is 0 Å². The van der Waals surface area contributed by atoms with Crippen molar-refractivity contribution >= 4 is 43.5 Å². The Kier molecular flexibility index (Phi) is 4.57. The number of carbonyl (C=O) groups is 1. The summed E-state index contributed by atoms with van der Waals surface area (Å²) in [7, 11) is 1.66. The summed E-state index contributed by atoms with van der Waals surface area (Å²) in [4.78, 5) is 11.8. The predicted octanol–water partition coefficient (Wildman–Crippen LogP) is 5.74. The van der Waals surface area contributed by atoms with E-state index in [-0.39, 0.29) is 17.5 Å². The fourth-order valence-corrected chi connectivity index (χ4v) is 4.94. The van der Waals surface area contributed by atoms with Crippen LogP contribution in [0.15, 0.2) is 51.4 Å². The van der Waals surface area contributed by atoms with E-state index < -0.39 is 5.97 Å². The van der Waals surface area contributed by atoms with Crippen LogP contribution < -0.4 is 10.1 Å². The molecule has 0 fully saturated rings. The summed E-state index contributed by atoms with van der Waals surface area (Å²) in [5, 5.41) is 13.2. The quantitative estimate of drug-likeness (QED) is 0.552. The zero-order valence-corrected chi connectivity index (χ0v) is 17.2. The lowest BCUT2D eigenvalue weighted by molar-refractivity contribution is 0.0697. The van der Waals surface area contributed by atoms with Gasteiger partial charge in [-0.05, 0) is 48.2 Å². The molecular formula is C20H17Br2NO3. The fourth-order valence-electron chi connectivity index (χ4n) is 4.09. The third kappa shape index (κ3) is 2.85. The number of allylic oxidation sites excluding steroid dienone is 2. The molecule has 2 aromatic rings. The molecule has 1 heterocycles. The summed E-state index contributed by atoms with van der Waals surface area (Å²) in [6.07, 6.45) is 5.32. The number of benzene rings is 2. The van der Waals surface area contributed by atoms with Gasteiger partial charge in [0.05, 0.1) is 24.4 Å². The van der Waals surface area contributed by atoms with Gasteiger partial charge in [-0.2, -0.15) is 0 Å². The van der Waals surface area contributed by atoms with E-state index in [0.717, 1.165) is 32.2 Å². The number of hydrogen-bond donors (Lipinski definition) is 2. The van der Waals surface area contributed by atoms with Crippen LogP contribution in [0.1, 0.15) is 39.9 Å². The van der Waals surface area contributed by atoms with Crippen molar-refractivity contribution in [3.8, 4) is 5.75 Å². The number of aromatic carboxylic acids is 1. The highest BCUT2D eigenvalue weighted by Gasteiger charge is 2.40. The topological polar surface area (TPSA) is 58.6 Å². The van der Waals surface area contributed by atoms with Gasteiger partial charge < -0.3 is 15.2 Å².